The van der Waals surface area contributed by atoms with Crippen molar-refractivity contribution in [2.75, 3.05) is 6.61 Å². The van der Waals surface area contributed by atoms with E-state index in [9.17, 15) is 0 Å². The van der Waals surface area contributed by atoms with E-state index in [2.05, 4.69) is 26.0 Å². The summed E-state index contributed by atoms with van der Waals surface area (Å²) in [5, 5.41) is 0. The zero-order valence-electron chi connectivity index (χ0n) is 11.8. The molecule has 1 rings (SSSR count). The van der Waals surface area contributed by atoms with Gasteiger partial charge in [-0.2, -0.15) is 0 Å². The molecule has 1 atom stereocenters. The monoisotopic (exact) mass is 249 g/mol. The maximum atomic E-state index is 6.02. The number of unbranched alkanes of at least 4 members (excludes halogenated alkanes) is 4. The third-order valence-corrected chi connectivity index (χ3v) is 3.24. The van der Waals surface area contributed by atoms with Crippen molar-refractivity contribution in [3.05, 3.63) is 29.8 Å². The smallest absolute Gasteiger partial charge is 0.119 e. The molecule has 102 valence electrons. The predicted molar refractivity (Wildman–Crippen MR) is 77.9 cm³/mol. The van der Waals surface area contributed by atoms with Crippen molar-refractivity contribution in [1.29, 1.82) is 0 Å². The van der Waals surface area contributed by atoms with Gasteiger partial charge in [0.15, 0.2) is 0 Å². The van der Waals surface area contributed by atoms with Crippen molar-refractivity contribution < 1.29 is 4.74 Å². The molecule has 0 heterocycles. The van der Waals surface area contributed by atoms with Crippen molar-refractivity contribution in [3.63, 3.8) is 0 Å². The Balaban J connectivity index is 2.29. The van der Waals surface area contributed by atoms with Gasteiger partial charge in [-0.25, -0.2) is 0 Å². The van der Waals surface area contributed by atoms with Crippen LogP contribution in [0.2, 0.25) is 0 Å². The number of ether oxygens (including phenoxy) is 1. The van der Waals surface area contributed by atoms with Gasteiger partial charge in [-0.05, 0) is 30.5 Å². The zero-order valence-corrected chi connectivity index (χ0v) is 11.8. The summed E-state index contributed by atoms with van der Waals surface area (Å²) in [4.78, 5) is 0. The van der Waals surface area contributed by atoms with Crippen LogP contribution in [0.15, 0.2) is 24.3 Å². The molecule has 0 bridgehead atoms. The number of rotatable bonds is 9. The quantitative estimate of drug-likeness (QED) is 0.656. The van der Waals surface area contributed by atoms with Crippen LogP contribution in [0.3, 0.4) is 0 Å². The summed E-state index contributed by atoms with van der Waals surface area (Å²) in [6.07, 6.45) is 7.31. The first-order valence-corrected chi connectivity index (χ1v) is 7.26. The van der Waals surface area contributed by atoms with Crippen molar-refractivity contribution in [2.45, 2.75) is 58.4 Å². The molecule has 18 heavy (non-hydrogen) atoms. The van der Waals surface area contributed by atoms with Crippen LogP contribution in [0.1, 0.15) is 64.0 Å². The van der Waals surface area contributed by atoms with Crippen LogP contribution in [-0.2, 0) is 0 Å². The summed E-state index contributed by atoms with van der Waals surface area (Å²) in [7, 11) is 0. The van der Waals surface area contributed by atoms with Crippen molar-refractivity contribution in [2.24, 2.45) is 5.73 Å². The van der Waals surface area contributed by atoms with Crippen LogP contribution in [-0.4, -0.2) is 6.61 Å². The lowest BCUT2D eigenvalue weighted by Gasteiger charge is -2.11. The van der Waals surface area contributed by atoms with Gasteiger partial charge >= 0.3 is 0 Å². The first-order valence-electron chi connectivity index (χ1n) is 7.26. The highest BCUT2D eigenvalue weighted by Crippen LogP contribution is 2.20. The first-order chi connectivity index (χ1) is 8.77. The molecule has 1 unspecified atom stereocenters. The third kappa shape index (κ3) is 5.54. The van der Waals surface area contributed by atoms with E-state index in [4.69, 9.17) is 10.5 Å². The molecule has 0 spiro atoms. The maximum Gasteiger partial charge on any atom is 0.119 e. The number of benzene rings is 1. The molecule has 2 nitrogen and oxygen atoms in total. The molecule has 0 saturated carbocycles. The van der Waals surface area contributed by atoms with Gasteiger partial charge < -0.3 is 10.5 Å². The van der Waals surface area contributed by atoms with Crippen molar-refractivity contribution in [1.82, 2.24) is 0 Å². The molecule has 2 heteroatoms. The fraction of sp³-hybridized carbons (Fsp3) is 0.625. The van der Waals surface area contributed by atoms with Crippen molar-refractivity contribution >= 4 is 0 Å². The Morgan fingerprint density at radius 1 is 1.11 bits per heavy atom. The van der Waals surface area contributed by atoms with Gasteiger partial charge in [0.2, 0.25) is 0 Å². The lowest BCUT2D eigenvalue weighted by Crippen LogP contribution is -2.08. The van der Waals surface area contributed by atoms with Crippen LogP contribution in [0.5, 0.6) is 5.75 Å². The van der Waals surface area contributed by atoms with Crippen LogP contribution in [0.4, 0.5) is 0 Å². The summed E-state index contributed by atoms with van der Waals surface area (Å²) in [5.41, 5.74) is 7.18. The minimum Gasteiger partial charge on any atom is -0.494 e. The molecule has 0 fully saturated rings. The highest BCUT2D eigenvalue weighted by Gasteiger charge is 2.04. The lowest BCUT2D eigenvalue weighted by atomic mass is 10.1. The van der Waals surface area contributed by atoms with Crippen LogP contribution in [0.25, 0.3) is 0 Å². The zero-order chi connectivity index (χ0) is 13.2. The minimum absolute atomic E-state index is 0.123. The molecule has 2 N–H and O–H groups in total. The summed E-state index contributed by atoms with van der Waals surface area (Å²) in [5.74, 6) is 0.951. The summed E-state index contributed by atoms with van der Waals surface area (Å²) >= 11 is 0. The number of hydrogen-bond donors (Lipinski definition) is 1. The van der Waals surface area contributed by atoms with Gasteiger partial charge in [0, 0.05) is 6.04 Å². The average molecular weight is 249 g/mol. The van der Waals surface area contributed by atoms with E-state index in [0.717, 1.165) is 25.2 Å². The molecule has 0 saturated heterocycles. The average Bonchev–Trinajstić information content (AvgIpc) is 2.42. The van der Waals surface area contributed by atoms with E-state index in [1.807, 2.05) is 12.1 Å². The Morgan fingerprint density at radius 2 is 1.89 bits per heavy atom. The van der Waals surface area contributed by atoms with Gasteiger partial charge in [-0.1, -0.05) is 51.7 Å². The number of nitrogens with two attached hydrogens (primary N) is 1. The van der Waals surface area contributed by atoms with Gasteiger partial charge in [0.1, 0.15) is 5.75 Å². The van der Waals surface area contributed by atoms with E-state index < -0.39 is 0 Å². The van der Waals surface area contributed by atoms with Gasteiger partial charge in [0.25, 0.3) is 0 Å². The Hall–Kier alpha value is -1.02. The molecule has 0 aromatic heterocycles. The van der Waals surface area contributed by atoms with Crippen LogP contribution >= 0.6 is 0 Å². The highest BCUT2D eigenvalue weighted by atomic mass is 16.5. The molecule has 0 amide bonds. The Labute approximate surface area is 112 Å². The van der Waals surface area contributed by atoms with Crippen molar-refractivity contribution in [3.8, 4) is 5.75 Å². The summed E-state index contributed by atoms with van der Waals surface area (Å²) in [6.45, 7) is 5.15. The summed E-state index contributed by atoms with van der Waals surface area (Å²) in [6, 6.07) is 8.30. The molecular weight excluding hydrogens is 222 g/mol. The predicted octanol–water partition coefficient (Wildman–Crippen LogP) is 4.45. The lowest BCUT2D eigenvalue weighted by molar-refractivity contribution is 0.304. The topological polar surface area (TPSA) is 35.2 Å². The Bertz CT molecular complexity index is 325. The maximum absolute atomic E-state index is 6.02. The van der Waals surface area contributed by atoms with Crippen LogP contribution < -0.4 is 10.5 Å². The van der Waals surface area contributed by atoms with E-state index in [0.29, 0.717) is 0 Å². The number of hydrogen-bond acceptors (Lipinski definition) is 2. The standard InChI is InChI=1S/C16H27NO/c1-3-5-6-7-8-12-18-15-11-9-10-14(13-15)16(17)4-2/h9-11,13,16H,3-8,12,17H2,1-2H3. The van der Waals surface area contributed by atoms with Crippen LogP contribution in [0, 0.1) is 0 Å². The first kappa shape index (κ1) is 15.0. The fourth-order valence-corrected chi connectivity index (χ4v) is 1.97. The minimum atomic E-state index is 0.123. The SMILES string of the molecule is CCCCCCCOc1cccc(C(N)CC)c1. The molecule has 0 aliphatic heterocycles. The molecule has 0 radical (unpaired) electrons. The fourth-order valence-electron chi connectivity index (χ4n) is 1.97. The second-order valence-electron chi connectivity index (χ2n) is 4.85. The van der Waals surface area contributed by atoms with E-state index in [-0.39, 0.29) is 6.04 Å². The normalized spacial score (nSPS) is 12.4. The second-order valence-corrected chi connectivity index (χ2v) is 4.85. The van der Waals surface area contributed by atoms with Gasteiger partial charge in [-0.15, -0.1) is 0 Å². The van der Waals surface area contributed by atoms with E-state index in [1.54, 1.807) is 0 Å². The second kappa shape index (κ2) is 8.98. The molecular formula is C16H27NO. The van der Waals surface area contributed by atoms with E-state index in [1.165, 1.54) is 31.2 Å². The molecule has 1 aromatic carbocycles. The highest BCUT2D eigenvalue weighted by molar-refractivity contribution is 5.30. The Morgan fingerprint density at radius 3 is 2.61 bits per heavy atom. The third-order valence-electron chi connectivity index (χ3n) is 3.24. The Kier molecular flexibility index (Phi) is 7.51. The van der Waals surface area contributed by atoms with Gasteiger partial charge in [-0.3, -0.25) is 0 Å². The molecule has 1 aromatic rings. The van der Waals surface area contributed by atoms with E-state index >= 15 is 0 Å². The molecule has 0 aliphatic carbocycles. The summed E-state index contributed by atoms with van der Waals surface area (Å²) < 4.78 is 5.77. The molecule has 0 aliphatic rings. The largest absolute Gasteiger partial charge is 0.494 e. The van der Waals surface area contributed by atoms with Gasteiger partial charge in [0.05, 0.1) is 6.61 Å².